The molecule has 3 aliphatic rings. The summed E-state index contributed by atoms with van der Waals surface area (Å²) in [6.07, 6.45) is 7.85. The lowest BCUT2D eigenvalue weighted by molar-refractivity contribution is 0.0555. The first kappa shape index (κ1) is 13.7. The molecule has 3 nitrogen and oxygen atoms in total. The second kappa shape index (κ2) is 6.04. The molecule has 0 aromatic heterocycles. The minimum atomic E-state index is 0.293. The van der Waals surface area contributed by atoms with Gasteiger partial charge in [-0.1, -0.05) is 31.5 Å². The molecule has 1 N–H and O–H groups in total. The lowest BCUT2D eigenvalue weighted by atomic mass is 9.82. The molecule has 1 aliphatic carbocycles. The molecule has 3 rings (SSSR count). The molecule has 3 fully saturated rings. The van der Waals surface area contributed by atoms with Crippen LogP contribution in [0, 0.1) is 11.8 Å². The molecule has 2 atom stereocenters. The number of rotatable bonds is 2. The third kappa shape index (κ3) is 3.46. The zero-order valence-electron chi connectivity index (χ0n) is 12.0. The maximum Gasteiger partial charge on any atom is 0.157 e. The average molecular weight is 282 g/mol. The van der Waals surface area contributed by atoms with Crippen molar-refractivity contribution in [3.63, 3.8) is 0 Å². The van der Waals surface area contributed by atoms with Crippen molar-refractivity contribution in [3.8, 4) is 0 Å². The van der Waals surface area contributed by atoms with E-state index in [2.05, 4.69) is 12.2 Å². The van der Waals surface area contributed by atoms with Gasteiger partial charge in [0.1, 0.15) is 0 Å². The van der Waals surface area contributed by atoms with Crippen molar-refractivity contribution in [2.45, 2.75) is 51.0 Å². The van der Waals surface area contributed by atoms with Gasteiger partial charge in [0.15, 0.2) is 5.17 Å². The molecule has 108 valence electrons. The Morgan fingerprint density at radius 3 is 3.00 bits per heavy atom. The molecule has 2 unspecified atom stereocenters. The minimum absolute atomic E-state index is 0.293. The Labute approximate surface area is 121 Å². The highest BCUT2D eigenvalue weighted by atomic mass is 32.2. The average Bonchev–Trinajstić information content (AvgIpc) is 2.80. The summed E-state index contributed by atoms with van der Waals surface area (Å²) in [6, 6.07) is 0. The van der Waals surface area contributed by atoms with E-state index in [0.717, 1.165) is 44.4 Å². The van der Waals surface area contributed by atoms with Gasteiger partial charge in [-0.15, -0.1) is 0 Å². The molecule has 1 saturated carbocycles. The normalized spacial score (nSPS) is 36.6. The first-order valence-electron chi connectivity index (χ1n) is 7.79. The van der Waals surface area contributed by atoms with Gasteiger partial charge in [0.25, 0.3) is 0 Å². The Morgan fingerprint density at radius 1 is 1.37 bits per heavy atom. The van der Waals surface area contributed by atoms with Crippen LogP contribution in [0.4, 0.5) is 0 Å². The monoisotopic (exact) mass is 282 g/mol. The van der Waals surface area contributed by atoms with Crippen molar-refractivity contribution in [1.29, 1.82) is 0 Å². The Balaban J connectivity index is 1.51. The molecule has 4 heteroatoms. The van der Waals surface area contributed by atoms with Gasteiger partial charge in [0, 0.05) is 25.5 Å². The number of nitrogens with one attached hydrogen (secondary N) is 1. The van der Waals surface area contributed by atoms with Gasteiger partial charge < -0.3 is 10.1 Å². The summed E-state index contributed by atoms with van der Waals surface area (Å²) in [5.41, 5.74) is 0.293. The first-order valence-corrected chi connectivity index (χ1v) is 8.77. The van der Waals surface area contributed by atoms with E-state index in [-0.39, 0.29) is 0 Å². The van der Waals surface area contributed by atoms with Crippen LogP contribution in [0.1, 0.15) is 45.4 Å². The third-order valence-corrected chi connectivity index (χ3v) is 6.05. The highest BCUT2D eigenvalue weighted by Crippen LogP contribution is 2.33. The van der Waals surface area contributed by atoms with E-state index in [0.29, 0.717) is 5.54 Å². The largest absolute Gasteiger partial charge is 0.381 e. The number of ether oxygens (including phenoxy) is 1. The molecular weight excluding hydrogens is 256 g/mol. The number of hydrogen-bond acceptors (Lipinski definition) is 3. The van der Waals surface area contributed by atoms with E-state index in [1.807, 2.05) is 11.8 Å². The Kier molecular flexibility index (Phi) is 4.37. The molecule has 0 radical (unpaired) electrons. The fourth-order valence-electron chi connectivity index (χ4n) is 3.56. The predicted octanol–water partition coefficient (Wildman–Crippen LogP) is 3.05. The fraction of sp³-hybridized carbons (Fsp3) is 0.933. The molecule has 2 heterocycles. The molecule has 2 aliphatic heterocycles. The van der Waals surface area contributed by atoms with Crippen LogP contribution in [0.15, 0.2) is 4.99 Å². The van der Waals surface area contributed by atoms with Crippen LogP contribution in [-0.2, 0) is 4.74 Å². The fourth-order valence-corrected chi connectivity index (χ4v) is 4.79. The number of hydrogen-bond donors (Lipinski definition) is 1. The van der Waals surface area contributed by atoms with Gasteiger partial charge in [0.05, 0.1) is 5.54 Å². The summed E-state index contributed by atoms with van der Waals surface area (Å²) in [6.45, 7) is 5.23. The van der Waals surface area contributed by atoms with E-state index >= 15 is 0 Å². The van der Waals surface area contributed by atoms with Gasteiger partial charge in [-0.05, 0) is 37.5 Å². The zero-order valence-corrected chi connectivity index (χ0v) is 12.8. The van der Waals surface area contributed by atoms with Gasteiger partial charge in [0.2, 0.25) is 0 Å². The van der Waals surface area contributed by atoms with Crippen LogP contribution in [0.5, 0.6) is 0 Å². The summed E-state index contributed by atoms with van der Waals surface area (Å²) in [5, 5.41) is 4.88. The van der Waals surface area contributed by atoms with Crippen LogP contribution >= 0.6 is 11.8 Å². The van der Waals surface area contributed by atoms with Gasteiger partial charge in [-0.25, -0.2) is 0 Å². The maximum atomic E-state index is 5.47. The van der Waals surface area contributed by atoms with Crippen LogP contribution in [0.25, 0.3) is 0 Å². The lowest BCUT2D eigenvalue weighted by Crippen LogP contribution is -2.48. The van der Waals surface area contributed by atoms with Crippen molar-refractivity contribution in [3.05, 3.63) is 0 Å². The molecule has 0 aromatic carbocycles. The van der Waals surface area contributed by atoms with Crippen molar-refractivity contribution < 1.29 is 4.74 Å². The number of aliphatic imine (C=N–C) groups is 1. The molecular formula is C15H26N2OS. The Bertz CT molecular complexity index is 339. The number of thioether (sulfide) groups is 1. The second-order valence-corrected chi connectivity index (χ2v) is 7.55. The highest BCUT2D eigenvalue weighted by Gasteiger charge is 2.38. The molecule has 1 spiro atoms. The smallest absolute Gasteiger partial charge is 0.157 e. The molecule has 2 saturated heterocycles. The zero-order chi connectivity index (χ0) is 13.1. The molecule has 0 amide bonds. The maximum absolute atomic E-state index is 5.47. The summed E-state index contributed by atoms with van der Waals surface area (Å²) in [7, 11) is 0. The first-order chi connectivity index (χ1) is 9.26. The van der Waals surface area contributed by atoms with Crippen LogP contribution in [-0.4, -0.2) is 36.2 Å². The lowest BCUT2D eigenvalue weighted by Gasteiger charge is -2.32. The molecule has 0 aromatic rings. The van der Waals surface area contributed by atoms with E-state index in [1.165, 1.54) is 36.6 Å². The number of nitrogens with zero attached hydrogens (tertiary/aromatic N) is 1. The predicted molar refractivity (Wildman–Crippen MR) is 81.8 cm³/mol. The number of amidine groups is 1. The second-order valence-electron chi connectivity index (χ2n) is 6.59. The van der Waals surface area contributed by atoms with Crippen molar-refractivity contribution >= 4 is 16.9 Å². The Hall–Kier alpha value is -0.220. The molecule has 0 bridgehead atoms. The van der Waals surface area contributed by atoms with Crippen LogP contribution in [0.2, 0.25) is 0 Å². The summed E-state index contributed by atoms with van der Waals surface area (Å²) < 4.78 is 5.47. The summed E-state index contributed by atoms with van der Waals surface area (Å²) in [4.78, 5) is 4.86. The van der Waals surface area contributed by atoms with Gasteiger partial charge in [-0.2, -0.15) is 0 Å². The Morgan fingerprint density at radius 2 is 2.21 bits per heavy atom. The topological polar surface area (TPSA) is 33.6 Å². The van der Waals surface area contributed by atoms with E-state index in [9.17, 15) is 0 Å². The van der Waals surface area contributed by atoms with E-state index < -0.39 is 0 Å². The third-order valence-electron chi connectivity index (χ3n) is 4.85. The van der Waals surface area contributed by atoms with Gasteiger partial charge >= 0.3 is 0 Å². The minimum Gasteiger partial charge on any atom is -0.381 e. The van der Waals surface area contributed by atoms with Crippen LogP contribution in [0.3, 0.4) is 0 Å². The van der Waals surface area contributed by atoms with Crippen molar-refractivity contribution in [1.82, 2.24) is 5.32 Å². The van der Waals surface area contributed by atoms with Crippen molar-refractivity contribution in [2.24, 2.45) is 16.8 Å². The standard InChI is InChI=1S/C15H26N2OS/c1-12-3-2-4-13(9-12)10-16-14-17-15(11-19-14)5-7-18-8-6-15/h12-13H,2-11H2,1H3,(H,16,17). The van der Waals surface area contributed by atoms with Gasteiger partial charge in [-0.3, -0.25) is 4.99 Å². The van der Waals surface area contributed by atoms with E-state index in [1.54, 1.807) is 0 Å². The summed E-state index contributed by atoms with van der Waals surface area (Å²) >= 11 is 1.92. The van der Waals surface area contributed by atoms with E-state index in [4.69, 9.17) is 9.73 Å². The quantitative estimate of drug-likeness (QED) is 0.845. The summed E-state index contributed by atoms with van der Waals surface area (Å²) in [5.74, 6) is 2.91. The van der Waals surface area contributed by atoms with Crippen molar-refractivity contribution in [2.75, 3.05) is 25.5 Å². The SMILES string of the molecule is CC1CCCC(CN=C2NC3(CCOCC3)CS2)C1. The van der Waals surface area contributed by atoms with Crippen LogP contribution < -0.4 is 5.32 Å². The molecule has 19 heavy (non-hydrogen) atoms. The highest BCUT2D eigenvalue weighted by molar-refractivity contribution is 8.14.